The second-order valence-corrected chi connectivity index (χ2v) is 8.14. The number of amides is 1. The van der Waals surface area contributed by atoms with Crippen LogP contribution in [0.15, 0.2) is 41.9 Å². The highest BCUT2D eigenvalue weighted by Crippen LogP contribution is 2.48. The average molecular weight is 373 g/mol. The molecular formula is C20H26N3O2S+. The molecule has 0 radical (unpaired) electrons. The fourth-order valence-electron chi connectivity index (χ4n) is 3.74. The van der Waals surface area contributed by atoms with Crippen LogP contribution in [0, 0.1) is 5.92 Å². The number of rotatable bonds is 7. The van der Waals surface area contributed by atoms with Crippen LogP contribution in [0.1, 0.15) is 22.9 Å². The number of hydrogen-bond donors (Lipinski definition) is 1. The first-order valence-corrected chi connectivity index (χ1v) is 10.3. The molecular weight excluding hydrogens is 346 g/mol. The van der Waals surface area contributed by atoms with Gasteiger partial charge in [-0.2, -0.15) is 0 Å². The second kappa shape index (κ2) is 8.29. The maximum Gasteiger partial charge on any atom is 0.226 e. The van der Waals surface area contributed by atoms with Crippen molar-refractivity contribution in [3.8, 4) is 0 Å². The summed E-state index contributed by atoms with van der Waals surface area (Å²) in [5.41, 5.74) is 1.29. The minimum Gasteiger partial charge on any atom is -0.370 e. The van der Waals surface area contributed by atoms with E-state index < -0.39 is 0 Å². The molecule has 1 aromatic carbocycles. The van der Waals surface area contributed by atoms with Gasteiger partial charge in [0.05, 0.1) is 32.8 Å². The van der Waals surface area contributed by atoms with Gasteiger partial charge < -0.3 is 14.5 Å². The van der Waals surface area contributed by atoms with E-state index in [0.717, 1.165) is 50.8 Å². The summed E-state index contributed by atoms with van der Waals surface area (Å²) in [5, 5.41) is 3.00. The summed E-state index contributed by atoms with van der Waals surface area (Å²) in [6.45, 7) is 6.15. The largest absolute Gasteiger partial charge is 0.370 e. The zero-order chi connectivity index (χ0) is 17.8. The molecule has 1 amide bonds. The van der Waals surface area contributed by atoms with Crippen molar-refractivity contribution >= 4 is 17.2 Å². The van der Waals surface area contributed by atoms with E-state index in [4.69, 9.17) is 4.74 Å². The van der Waals surface area contributed by atoms with Crippen LogP contribution in [0.4, 0.5) is 0 Å². The molecule has 2 aliphatic rings. The van der Waals surface area contributed by atoms with Gasteiger partial charge >= 0.3 is 0 Å². The van der Waals surface area contributed by atoms with E-state index >= 15 is 0 Å². The molecule has 2 heterocycles. The van der Waals surface area contributed by atoms with Gasteiger partial charge in [-0.25, -0.2) is 4.98 Å². The van der Waals surface area contributed by atoms with Crippen LogP contribution in [-0.2, 0) is 16.1 Å². The fourth-order valence-corrected chi connectivity index (χ4v) is 4.37. The van der Waals surface area contributed by atoms with Crippen molar-refractivity contribution in [2.75, 3.05) is 39.4 Å². The van der Waals surface area contributed by atoms with Gasteiger partial charge in [0, 0.05) is 17.5 Å². The number of quaternary nitrogens is 1. The average Bonchev–Trinajstić information content (AvgIpc) is 3.34. The van der Waals surface area contributed by atoms with Gasteiger partial charge in [-0.3, -0.25) is 4.79 Å². The molecule has 5 nitrogen and oxygen atoms in total. The minimum atomic E-state index is 0.136. The molecule has 138 valence electrons. The highest BCUT2D eigenvalue weighted by molar-refractivity contribution is 7.09. The van der Waals surface area contributed by atoms with E-state index in [1.165, 1.54) is 10.5 Å². The molecule has 2 atom stereocenters. The van der Waals surface area contributed by atoms with Crippen LogP contribution >= 0.6 is 11.3 Å². The Bertz CT molecular complexity index is 701. The highest BCUT2D eigenvalue weighted by Gasteiger charge is 2.45. The molecule has 1 aliphatic heterocycles. The Hall–Kier alpha value is -1.76. The quantitative estimate of drug-likeness (QED) is 0.794. The summed E-state index contributed by atoms with van der Waals surface area (Å²) in [7, 11) is 0. The van der Waals surface area contributed by atoms with Crippen LogP contribution < -0.4 is 4.90 Å². The van der Waals surface area contributed by atoms with E-state index in [-0.39, 0.29) is 5.92 Å². The number of morpholine rings is 1. The van der Waals surface area contributed by atoms with Crippen LogP contribution in [0.25, 0.3) is 0 Å². The first-order chi connectivity index (χ1) is 12.8. The maximum absolute atomic E-state index is 13.2. The molecule has 4 rings (SSSR count). The zero-order valence-corrected chi connectivity index (χ0v) is 15.8. The Kier molecular flexibility index (Phi) is 5.62. The predicted molar refractivity (Wildman–Crippen MR) is 101 cm³/mol. The van der Waals surface area contributed by atoms with Gasteiger partial charge in [0.25, 0.3) is 0 Å². The van der Waals surface area contributed by atoms with Gasteiger partial charge in [0.2, 0.25) is 5.91 Å². The van der Waals surface area contributed by atoms with Crippen molar-refractivity contribution in [3.05, 3.63) is 52.5 Å². The molecule has 2 aromatic rings. The van der Waals surface area contributed by atoms with E-state index in [0.29, 0.717) is 18.4 Å². The van der Waals surface area contributed by atoms with Crippen molar-refractivity contribution in [1.82, 2.24) is 9.88 Å². The Balaban J connectivity index is 1.39. The second-order valence-electron chi connectivity index (χ2n) is 7.16. The van der Waals surface area contributed by atoms with E-state index in [1.54, 1.807) is 11.3 Å². The molecule has 6 heteroatoms. The number of thiazole rings is 1. The topological polar surface area (TPSA) is 46.9 Å². The number of hydrogen-bond acceptors (Lipinski definition) is 4. The zero-order valence-electron chi connectivity index (χ0n) is 15.0. The number of benzene rings is 1. The molecule has 1 saturated carbocycles. The summed E-state index contributed by atoms with van der Waals surface area (Å²) in [5.74, 6) is 0.817. The molecule has 1 saturated heterocycles. The molecule has 1 N–H and O–H groups in total. The standard InChI is InChI=1S/C20H25N3O2S/c24-20(18-14-17(18)16-4-2-1-3-5-16)23(15-19-21-6-13-26-19)8-7-22-9-11-25-12-10-22/h1-6,13,17-18H,7-12,14-15H2/p+1/t17-,18+/m0/s1. The Morgan fingerprint density at radius 2 is 2.08 bits per heavy atom. The number of nitrogens with zero attached hydrogens (tertiary/aromatic N) is 2. The van der Waals surface area contributed by atoms with Gasteiger partial charge in [-0.15, -0.1) is 11.3 Å². The third-order valence-electron chi connectivity index (χ3n) is 5.39. The first kappa shape index (κ1) is 17.6. The van der Waals surface area contributed by atoms with Crippen molar-refractivity contribution in [2.24, 2.45) is 5.92 Å². The minimum absolute atomic E-state index is 0.136. The molecule has 0 bridgehead atoms. The smallest absolute Gasteiger partial charge is 0.226 e. The lowest BCUT2D eigenvalue weighted by molar-refractivity contribution is -0.907. The molecule has 1 aromatic heterocycles. The molecule has 2 fully saturated rings. The number of carbonyl (C=O) groups excluding carboxylic acids is 1. The van der Waals surface area contributed by atoms with E-state index in [9.17, 15) is 4.79 Å². The van der Waals surface area contributed by atoms with Gasteiger partial charge in [-0.1, -0.05) is 30.3 Å². The van der Waals surface area contributed by atoms with Gasteiger partial charge in [-0.05, 0) is 17.9 Å². The monoisotopic (exact) mass is 372 g/mol. The molecule has 0 unspecified atom stereocenters. The summed E-state index contributed by atoms with van der Waals surface area (Å²) in [6, 6.07) is 10.4. The van der Waals surface area contributed by atoms with Crippen LogP contribution in [0.2, 0.25) is 0 Å². The van der Waals surface area contributed by atoms with Crippen LogP contribution in [0.3, 0.4) is 0 Å². The summed E-state index contributed by atoms with van der Waals surface area (Å²) in [6.07, 6.45) is 2.79. The van der Waals surface area contributed by atoms with Gasteiger partial charge in [0.15, 0.2) is 0 Å². The normalized spacial score (nSPS) is 22.9. The fraction of sp³-hybridized carbons (Fsp3) is 0.500. The van der Waals surface area contributed by atoms with E-state index in [1.807, 2.05) is 22.5 Å². The third-order valence-corrected chi connectivity index (χ3v) is 6.16. The van der Waals surface area contributed by atoms with Crippen LogP contribution in [-0.4, -0.2) is 55.2 Å². The molecule has 1 aliphatic carbocycles. The lowest BCUT2D eigenvalue weighted by atomic mass is 10.1. The molecule has 26 heavy (non-hydrogen) atoms. The van der Waals surface area contributed by atoms with E-state index in [2.05, 4.69) is 29.2 Å². The molecule has 0 spiro atoms. The maximum atomic E-state index is 13.2. The van der Waals surface area contributed by atoms with Gasteiger partial charge in [0.1, 0.15) is 18.1 Å². The Morgan fingerprint density at radius 1 is 1.27 bits per heavy atom. The summed E-state index contributed by atoms with van der Waals surface area (Å²) < 4.78 is 5.44. The number of carbonyl (C=O) groups is 1. The number of ether oxygens (including phenoxy) is 1. The summed E-state index contributed by atoms with van der Waals surface area (Å²) >= 11 is 1.63. The van der Waals surface area contributed by atoms with Crippen molar-refractivity contribution in [2.45, 2.75) is 18.9 Å². The Labute approximate surface area is 158 Å². The van der Waals surface area contributed by atoms with Crippen LogP contribution in [0.5, 0.6) is 0 Å². The summed E-state index contributed by atoms with van der Waals surface area (Å²) in [4.78, 5) is 21.1. The Morgan fingerprint density at radius 3 is 2.81 bits per heavy atom. The first-order valence-electron chi connectivity index (χ1n) is 9.44. The third kappa shape index (κ3) is 4.31. The number of nitrogens with one attached hydrogen (secondary N) is 1. The van der Waals surface area contributed by atoms with Crippen molar-refractivity contribution in [1.29, 1.82) is 0 Å². The lowest BCUT2D eigenvalue weighted by Crippen LogP contribution is -3.14. The number of aromatic nitrogens is 1. The van der Waals surface area contributed by atoms with Crippen molar-refractivity contribution in [3.63, 3.8) is 0 Å². The highest BCUT2D eigenvalue weighted by atomic mass is 32.1. The predicted octanol–water partition coefficient (Wildman–Crippen LogP) is 1.19. The van der Waals surface area contributed by atoms with Crippen molar-refractivity contribution < 1.29 is 14.4 Å². The SMILES string of the molecule is O=C([C@@H]1C[C@H]1c1ccccc1)N(CC[NH+]1CCOCC1)Cc1nccs1. The lowest BCUT2D eigenvalue weighted by Gasteiger charge is -2.27.